The van der Waals surface area contributed by atoms with E-state index in [4.69, 9.17) is 0 Å². The van der Waals surface area contributed by atoms with Gasteiger partial charge in [-0.1, -0.05) is 6.92 Å². The van der Waals surface area contributed by atoms with Crippen LogP contribution in [0.15, 0.2) is 0 Å². The molecule has 0 saturated carbocycles. The molecule has 0 saturated heterocycles. The van der Waals surface area contributed by atoms with Crippen LogP contribution >= 0.6 is 0 Å². The van der Waals surface area contributed by atoms with Gasteiger partial charge in [0.25, 0.3) is 0 Å². The smallest absolute Gasteiger partial charge is 0.332 e. The molecule has 1 aromatic rings. The van der Waals surface area contributed by atoms with Crippen molar-refractivity contribution < 1.29 is 9.72 Å². The maximum atomic E-state index is 11.5. The first-order chi connectivity index (χ1) is 9.90. The number of nitrogens with one attached hydrogen (secondary N) is 3. The predicted molar refractivity (Wildman–Crippen MR) is 79.4 cm³/mol. The number of hydrogen-bond acceptors (Lipinski definition) is 7. The number of amides is 1. The quantitative estimate of drug-likeness (QED) is 0.508. The lowest BCUT2D eigenvalue weighted by molar-refractivity contribution is -0.385. The summed E-state index contributed by atoms with van der Waals surface area (Å²) in [7, 11) is 1.49. The van der Waals surface area contributed by atoms with Gasteiger partial charge in [0.15, 0.2) is 0 Å². The molecule has 0 aliphatic carbocycles. The lowest BCUT2D eigenvalue weighted by atomic mass is 10.3. The van der Waals surface area contributed by atoms with E-state index in [1.807, 2.05) is 6.92 Å². The van der Waals surface area contributed by atoms with Crippen LogP contribution in [0.3, 0.4) is 0 Å². The number of carbonyl (C=O) groups excluding carboxylic acids is 1. The summed E-state index contributed by atoms with van der Waals surface area (Å²) >= 11 is 0. The fourth-order valence-corrected chi connectivity index (χ4v) is 1.69. The van der Waals surface area contributed by atoms with E-state index in [2.05, 4.69) is 25.9 Å². The first kappa shape index (κ1) is 16.6. The summed E-state index contributed by atoms with van der Waals surface area (Å²) in [5.74, 6) is 0.0393. The zero-order valence-electron chi connectivity index (χ0n) is 12.6. The normalized spacial score (nSPS) is 11.6. The van der Waals surface area contributed by atoms with Crippen molar-refractivity contribution in [2.45, 2.75) is 33.2 Å². The average molecular weight is 296 g/mol. The van der Waals surface area contributed by atoms with E-state index in [-0.39, 0.29) is 23.1 Å². The first-order valence-corrected chi connectivity index (χ1v) is 6.65. The number of nitrogens with zero attached hydrogens (tertiary/aromatic N) is 3. The SMILES string of the molecule is CCCNc1nc(C)c([N+](=O)[O-])c(NC(C)C(=O)NC)n1. The molecule has 0 radical (unpaired) electrons. The zero-order valence-corrected chi connectivity index (χ0v) is 12.6. The minimum Gasteiger partial charge on any atom is -0.357 e. The van der Waals surface area contributed by atoms with Gasteiger partial charge in [0.1, 0.15) is 11.7 Å². The third kappa shape index (κ3) is 4.26. The molecule has 0 bridgehead atoms. The number of nitro groups is 1. The molecule has 0 aliphatic heterocycles. The molecule has 1 amide bonds. The van der Waals surface area contributed by atoms with Gasteiger partial charge in [-0.15, -0.1) is 0 Å². The fourth-order valence-electron chi connectivity index (χ4n) is 1.69. The molecule has 0 fully saturated rings. The number of rotatable bonds is 7. The number of anilines is 2. The molecule has 0 aliphatic rings. The summed E-state index contributed by atoms with van der Waals surface area (Å²) in [5.41, 5.74) is 0.00742. The van der Waals surface area contributed by atoms with E-state index in [9.17, 15) is 14.9 Å². The van der Waals surface area contributed by atoms with Crippen molar-refractivity contribution in [1.82, 2.24) is 15.3 Å². The summed E-state index contributed by atoms with van der Waals surface area (Å²) < 4.78 is 0. The van der Waals surface area contributed by atoms with Crippen LogP contribution in [0.2, 0.25) is 0 Å². The Morgan fingerprint density at radius 1 is 1.43 bits per heavy atom. The van der Waals surface area contributed by atoms with Crippen LogP contribution in [0.1, 0.15) is 26.0 Å². The highest BCUT2D eigenvalue weighted by Crippen LogP contribution is 2.27. The van der Waals surface area contributed by atoms with Gasteiger partial charge in [0.05, 0.1) is 4.92 Å². The molecule has 1 rings (SSSR count). The van der Waals surface area contributed by atoms with Crippen molar-refractivity contribution in [2.24, 2.45) is 0 Å². The van der Waals surface area contributed by atoms with Crippen molar-refractivity contribution >= 4 is 23.4 Å². The van der Waals surface area contributed by atoms with Gasteiger partial charge in [0, 0.05) is 13.6 Å². The van der Waals surface area contributed by atoms with Crippen LogP contribution in [0, 0.1) is 17.0 Å². The zero-order chi connectivity index (χ0) is 16.0. The second kappa shape index (κ2) is 7.36. The van der Waals surface area contributed by atoms with E-state index >= 15 is 0 Å². The third-order valence-electron chi connectivity index (χ3n) is 2.77. The van der Waals surface area contributed by atoms with E-state index in [0.29, 0.717) is 12.5 Å². The maximum absolute atomic E-state index is 11.5. The molecular formula is C12H20N6O3. The Morgan fingerprint density at radius 3 is 2.62 bits per heavy atom. The highest BCUT2D eigenvalue weighted by molar-refractivity contribution is 5.84. The van der Waals surface area contributed by atoms with Gasteiger partial charge < -0.3 is 16.0 Å². The van der Waals surface area contributed by atoms with Gasteiger partial charge in [-0.25, -0.2) is 4.98 Å². The van der Waals surface area contributed by atoms with Crippen LogP contribution in [0.4, 0.5) is 17.5 Å². The number of likely N-dealkylation sites (N-methyl/N-ethyl adjacent to an activating group) is 1. The van der Waals surface area contributed by atoms with Crippen molar-refractivity contribution in [2.75, 3.05) is 24.2 Å². The Morgan fingerprint density at radius 2 is 2.10 bits per heavy atom. The molecule has 9 nitrogen and oxygen atoms in total. The number of hydrogen-bond donors (Lipinski definition) is 3. The van der Waals surface area contributed by atoms with Gasteiger partial charge in [-0.2, -0.15) is 4.98 Å². The minimum atomic E-state index is -0.651. The highest BCUT2D eigenvalue weighted by Gasteiger charge is 2.24. The molecule has 116 valence electrons. The number of carbonyl (C=O) groups is 1. The summed E-state index contributed by atoms with van der Waals surface area (Å²) in [6, 6.07) is -0.651. The molecule has 1 unspecified atom stereocenters. The summed E-state index contributed by atoms with van der Waals surface area (Å²) in [5, 5.41) is 19.3. The van der Waals surface area contributed by atoms with Crippen molar-refractivity contribution in [3.05, 3.63) is 15.8 Å². The molecule has 1 heterocycles. The molecule has 21 heavy (non-hydrogen) atoms. The molecule has 3 N–H and O–H groups in total. The summed E-state index contributed by atoms with van der Waals surface area (Å²) in [6.07, 6.45) is 0.872. The van der Waals surface area contributed by atoms with E-state index in [1.54, 1.807) is 6.92 Å². The van der Waals surface area contributed by atoms with Crippen LogP contribution < -0.4 is 16.0 Å². The van der Waals surface area contributed by atoms with Gasteiger partial charge in [0.2, 0.25) is 17.7 Å². The van der Waals surface area contributed by atoms with E-state index in [0.717, 1.165) is 6.42 Å². The van der Waals surface area contributed by atoms with Gasteiger partial charge in [-0.05, 0) is 20.3 Å². The molecular weight excluding hydrogens is 276 g/mol. The molecule has 1 aromatic heterocycles. The minimum absolute atomic E-state index is 0.0298. The Labute approximate surface area is 122 Å². The second-order valence-electron chi connectivity index (χ2n) is 4.49. The average Bonchev–Trinajstić information content (AvgIpc) is 2.43. The number of aromatic nitrogens is 2. The highest BCUT2D eigenvalue weighted by atomic mass is 16.6. The van der Waals surface area contributed by atoms with Crippen molar-refractivity contribution in [1.29, 1.82) is 0 Å². The first-order valence-electron chi connectivity index (χ1n) is 6.65. The molecule has 0 spiro atoms. The molecule has 9 heteroatoms. The second-order valence-corrected chi connectivity index (χ2v) is 4.49. The van der Waals surface area contributed by atoms with Gasteiger partial charge in [-0.3, -0.25) is 14.9 Å². The predicted octanol–water partition coefficient (Wildman–Crippen LogP) is 1.06. The van der Waals surface area contributed by atoms with Crippen LogP contribution in [0.25, 0.3) is 0 Å². The molecule has 0 aromatic carbocycles. The van der Waals surface area contributed by atoms with E-state index < -0.39 is 11.0 Å². The number of aryl methyl sites for hydroxylation is 1. The maximum Gasteiger partial charge on any atom is 0.332 e. The standard InChI is InChI=1S/C12H20N6O3/c1-5-6-14-12-16-7(2)9(18(20)21)10(17-12)15-8(3)11(19)13-4/h8H,5-6H2,1-4H3,(H,13,19)(H2,14,15,16,17). The van der Waals surface area contributed by atoms with Crippen LogP contribution in [-0.2, 0) is 4.79 Å². The molecule has 1 atom stereocenters. The fraction of sp³-hybridized carbons (Fsp3) is 0.583. The van der Waals surface area contributed by atoms with Crippen molar-refractivity contribution in [3.63, 3.8) is 0 Å². The van der Waals surface area contributed by atoms with Gasteiger partial charge >= 0.3 is 5.69 Å². The largest absolute Gasteiger partial charge is 0.357 e. The van der Waals surface area contributed by atoms with E-state index in [1.165, 1.54) is 14.0 Å². The monoisotopic (exact) mass is 296 g/mol. The Bertz CT molecular complexity index is 534. The third-order valence-corrected chi connectivity index (χ3v) is 2.77. The lowest BCUT2D eigenvalue weighted by Gasteiger charge is -2.14. The summed E-state index contributed by atoms with van der Waals surface area (Å²) in [6.45, 7) is 5.77. The Balaban J connectivity index is 3.15. The lowest BCUT2D eigenvalue weighted by Crippen LogP contribution is -2.35. The Hall–Kier alpha value is -2.45. The van der Waals surface area contributed by atoms with Crippen LogP contribution in [-0.4, -0.2) is 40.4 Å². The van der Waals surface area contributed by atoms with Crippen molar-refractivity contribution in [3.8, 4) is 0 Å². The topological polar surface area (TPSA) is 122 Å². The summed E-state index contributed by atoms with van der Waals surface area (Å²) in [4.78, 5) is 30.3. The van der Waals surface area contributed by atoms with Crippen LogP contribution in [0.5, 0.6) is 0 Å². The Kier molecular flexibility index (Phi) is 5.82.